The minimum absolute atomic E-state index is 0.230. The molecule has 0 aromatic rings. The van der Waals surface area contributed by atoms with E-state index < -0.39 is 5.97 Å². The Bertz CT molecular complexity index is 213. The lowest BCUT2D eigenvalue weighted by atomic mass is 10.2. The van der Waals surface area contributed by atoms with E-state index in [-0.39, 0.29) is 12.5 Å². The Balaban J connectivity index is 2.11. The molecule has 2 N–H and O–H groups in total. The molecule has 0 radical (unpaired) electrons. The highest BCUT2D eigenvalue weighted by molar-refractivity contribution is 5.66. The number of aliphatic hydroxyl groups is 1. The fraction of sp³-hybridized carbons (Fsp3) is 0.909. The van der Waals surface area contributed by atoms with E-state index >= 15 is 0 Å². The Morgan fingerprint density at radius 3 is 2.12 bits per heavy atom. The topological polar surface area (TPSA) is 64.0 Å². The average Bonchev–Trinajstić information content (AvgIpc) is 2.25. The largest absolute Gasteiger partial charge is 0.481 e. The number of aliphatic carboxylic acids is 1. The van der Waals surface area contributed by atoms with E-state index in [9.17, 15) is 9.90 Å². The molecule has 5 nitrogen and oxygen atoms in total. The van der Waals surface area contributed by atoms with Crippen LogP contribution in [0.4, 0.5) is 0 Å². The number of hydrogen-bond acceptors (Lipinski definition) is 4. The summed E-state index contributed by atoms with van der Waals surface area (Å²) in [4.78, 5) is 14.9. The van der Waals surface area contributed by atoms with Crippen LogP contribution in [0.1, 0.15) is 19.8 Å². The van der Waals surface area contributed by atoms with Crippen LogP contribution in [0.15, 0.2) is 0 Å². The van der Waals surface area contributed by atoms with E-state index in [4.69, 9.17) is 5.11 Å². The van der Waals surface area contributed by atoms with Crippen molar-refractivity contribution in [3.8, 4) is 0 Å². The zero-order chi connectivity index (χ0) is 12.0. The molecule has 0 bridgehead atoms. The Morgan fingerprint density at radius 1 is 1.19 bits per heavy atom. The number of carbonyl (C=O) groups is 1. The molecule has 0 amide bonds. The third kappa shape index (κ3) is 5.44. The van der Waals surface area contributed by atoms with E-state index in [2.05, 4.69) is 9.80 Å². The first-order chi connectivity index (χ1) is 7.58. The lowest BCUT2D eigenvalue weighted by molar-refractivity contribution is -0.137. The molecule has 1 fully saturated rings. The van der Waals surface area contributed by atoms with Gasteiger partial charge in [-0.2, -0.15) is 0 Å². The van der Waals surface area contributed by atoms with Crippen molar-refractivity contribution in [2.24, 2.45) is 0 Å². The van der Waals surface area contributed by atoms with E-state index in [1.807, 2.05) is 6.92 Å². The van der Waals surface area contributed by atoms with E-state index in [1.54, 1.807) is 0 Å². The summed E-state index contributed by atoms with van der Waals surface area (Å²) in [6.45, 7) is 7.23. The minimum atomic E-state index is -0.725. The van der Waals surface area contributed by atoms with Gasteiger partial charge in [0, 0.05) is 39.3 Å². The first-order valence-electron chi connectivity index (χ1n) is 5.92. The van der Waals surface area contributed by atoms with Crippen molar-refractivity contribution in [3.63, 3.8) is 0 Å². The molecule has 0 aliphatic carbocycles. The highest BCUT2D eigenvalue weighted by Crippen LogP contribution is 2.04. The van der Waals surface area contributed by atoms with Crippen molar-refractivity contribution in [2.45, 2.75) is 25.9 Å². The molecule has 1 unspecified atom stereocenters. The van der Waals surface area contributed by atoms with Gasteiger partial charge in [-0.25, -0.2) is 0 Å². The van der Waals surface area contributed by atoms with Crippen LogP contribution in [0.25, 0.3) is 0 Å². The van der Waals surface area contributed by atoms with Crippen molar-refractivity contribution in [1.82, 2.24) is 9.80 Å². The monoisotopic (exact) mass is 230 g/mol. The second kappa shape index (κ2) is 6.83. The van der Waals surface area contributed by atoms with E-state index in [0.717, 1.165) is 39.1 Å². The molecule has 1 heterocycles. The van der Waals surface area contributed by atoms with Crippen LogP contribution in [0, 0.1) is 0 Å². The number of piperazine rings is 1. The summed E-state index contributed by atoms with van der Waals surface area (Å²) in [5, 5.41) is 17.8. The van der Waals surface area contributed by atoms with E-state index in [0.29, 0.717) is 6.54 Å². The van der Waals surface area contributed by atoms with Crippen LogP contribution < -0.4 is 0 Å². The SMILES string of the molecule is CC(O)CCN1CCN(CCC(=O)O)CC1. The Hall–Kier alpha value is -0.650. The van der Waals surface area contributed by atoms with Gasteiger partial charge >= 0.3 is 5.97 Å². The number of rotatable bonds is 6. The number of hydrogen-bond donors (Lipinski definition) is 2. The standard InChI is InChI=1S/C11H22N2O3/c1-10(14)2-4-12-6-8-13(9-7-12)5-3-11(15)16/h10,14H,2-9H2,1H3,(H,15,16). The summed E-state index contributed by atoms with van der Waals surface area (Å²) in [5.74, 6) is -0.725. The number of carboxylic acid groups (broad SMARTS) is 1. The van der Waals surface area contributed by atoms with Crippen LogP contribution in [-0.2, 0) is 4.79 Å². The van der Waals surface area contributed by atoms with Gasteiger partial charge in [0.15, 0.2) is 0 Å². The first kappa shape index (κ1) is 13.4. The maximum absolute atomic E-state index is 10.4. The van der Waals surface area contributed by atoms with Crippen molar-refractivity contribution < 1.29 is 15.0 Å². The van der Waals surface area contributed by atoms with Crippen LogP contribution in [0.2, 0.25) is 0 Å². The van der Waals surface area contributed by atoms with E-state index in [1.165, 1.54) is 0 Å². The van der Waals surface area contributed by atoms with Crippen molar-refractivity contribution in [2.75, 3.05) is 39.3 Å². The molecule has 5 heteroatoms. The van der Waals surface area contributed by atoms with Crippen LogP contribution in [0.3, 0.4) is 0 Å². The molecule has 16 heavy (non-hydrogen) atoms. The van der Waals surface area contributed by atoms with Gasteiger partial charge in [-0.15, -0.1) is 0 Å². The average molecular weight is 230 g/mol. The lowest BCUT2D eigenvalue weighted by Crippen LogP contribution is -2.47. The summed E-state index contributed by atoms with van der Waals surface area (Å²) in [6, 6.07) is 0. The van der Waals surface area contributed by atoms with Gasteiger partial charge in [-0.05, 0) is 13.3 Å². The summed E-state index contributed by atoms with van der Waals surface area (Å²) in [5.41, 5.74) is 0. The molecule has 1 rings (SSSR count). The highest BCUT2D eigenvalue weighted by atomic mass is 16.4. The fourth-order valence-electron chi connectivity index (χ4n) is 1.86. The minimum Gasteiger partial charge on any atom is -0.481 e. The van der Waals surface area contributed by atoms with Crippen LogP contribution in [0.5, 0.6) is 0 Å². The molecule has 0 saturated carbocycles. The van der Waals surface area contributed by atoms with Crippen molar-refractivity contribution in [3.05, 3.63) is 0 Å². The second-order valence-electron chi connectivity index (χ2n) is 4.46. The third-order valence-electron chi connectivity index (χ3n) is 2.97. The van der Waals surface area contributed by atoms with Gasteiger partial charge in [-0.1, -0.05) is 0 Å². The summed E-state index contributed by atoms with van der Waals surface area (Å²) in [6.07, 6.45) is 0.813. The normalized spacial score (nSPS) is 20.9. The molecular formula is C11H22N2O3. The van der Waals surface area contributed by atoms with Gasteiger partial charge in [-0.3, -0.25) is 4.79 Å². The third-order valence-corrected chi connectivity index (χ3v) is 2.97. The van der Waals surface area contributed by atoms with Gasteiger partial charge in [0.25, 0.3) is 0 Å². The van der Waals surface area contributed by atoms with Gasteiger partial charge in [0.1, 0.15) is 0 Å². The Morgan fingerprint density at radius 2 is 1.69 bits per heavy atom. The van der Waals surface area contributed by atoms with Crippen molar-refractivity contribution in [1.29, 1.82) is 0 Å². The number of carboxylic acids is 1. The zero-order valence-electron chi connectivity index (χ0n) is 9.93. The maximum atomic E-state index is 10.4. The second-order valence-corrected chi connectivity index (χ2v) is 4.46. The highest BCUT2D eigenvalue weighted by Gasteiger charge is 2.17. The van der Waals surface area contributed by atoms with Gasteiger partial charge < -0.3 is 20.0 Å². The first-order valence-corrected chi connectivity index (χ1v) is 5.92. The summed E-state index contributed by atoms with van der Waals surface area (Å²) >= 11 is 0. The fourth-order valence-corrected chi connectivity index (χ4v) is 1.86. The van der Waals surface area contributed by atoms with Gasteiger partial charge in [0.05, 0.1) is 12.5 Å². The molecule has 1 atom stereocenters. The predicted molar refractivity (Wildman–Crippen MR) is 61.4 cm³/mol. The number of nitrogens with zero attached hydrogens (tertiary/aromatic N) is 2. The lowest BCUT2D eigenvalue weighted by Gasteiger charge is -2.34. The Kier molecular flexibility index (Phi) is 5.73. The predicted octanol–water partition coefficient (Wildman–Crippen LogP) is -0.150. The number of aliphatic hydroxyl groups excluding tert-OH is 1. The van der Waals surface area contributed by atoms with Crippen LogP contribution >= 0.6 is 0 Å². The summed E-state index contributed by atoms with van der Waals surface area (Å²) < 4.78 is 0. The van der Waals surface area contributed by atoms with Gasteiger partial charge in [0.2, 0.25) is 0 Å². The molecule has 0 aromatic carbocycles. The molecular weight excluding hydrogens is 208 g/mol. The molecule has 0 aromatic heterocycles. The molecule has 1 saturated heterocycles. The molecule has 94 valence electrons. The quantitative estimate of drug-likeness (QED) is 0.664. The van der Waals surface area contributed by atoms with Crippen molar-refractivity contribution >= 4 is 5.97 Å². The molecule has 0 spiro atoms. The smallest absolute Gasteiger partial charge is 0.304 e. The van der Waals surface area contributed by atoms with Crippen LogP contribution in [-0.4, -0.2) is 71.4 Å². The summed E-state index contributed by atoms with van der Waals surface area (Å²) in [7, 11) is 0. The maximum Gasteiger partial charge on any atom is 0.304 e. The molecule has 1 aliphatic rings. The Labute approximate surface area is 96.7 Å². The molecule has 1 aliphatic heterocycles. The zero-order valence-corrected chi connectivity index (χ0v) is 9.93.